The molecule has 2 rings (SSSR count). The minimum absolute atomic E-state index is 0.215. The Morgan fingerprint density at radius 1 is 1.53 bits per heavy atom. The van der Waals surface area contributed by atoms with Crippen LogP contribution in [0.15, 0.2) is 24.3 Å². The normalized spacial score (nSPS) is 31.5. The lowest BCUT2D eigenvalue weighted by Crippen LogP contribution is -2.41. The number of hydrogen-bond acceptors (Lipinski definition) is 2. The van der Waals surface area contributed by atoms with Crippen molar-refractivity contribution >= 4 is 11.6 Å². The number of piperidine rings is 1. The minimum atomic E-state index is -0.557. The van der Waals surface area contributed by atoms with Gasteiger partial charge in [0.25, 0.3) is 0 Å². The second-order valence-electron chi connectivity index (χ2n) is 4.51. The predicted molar refractivity (Wildman–Crippen MR) is 62.1 cm³/mol. The highest BCUT2D eigenvalue weighted by atomic mass is 35.5. The van der Waals surface area contributed by atoms with Crippen LogP contribution < -0.4 is 5.32 Å². The van der Waals surface area contributed by atoms with E-state index in [4.69, 9.17) is 11.6 Å². The summed E-state index contributed by atoms with van der Waals surface area (Å²) in [5.41, 5.74) is 0.598. The fraction of sp³-hybridized carbons (Fsp3) is 0.500. The number of aliphatic hydroxyl groups is 1. The van der Waals surface area contributed by atoms with Gasteiger partial charge in [0.15, 0.2) is 0 Å². The first-order chi connectivity index (χ1) is 7.07. The Balaban J connectivity index is 2.17. The van der Waals surface area contributed by atoms with Crippen LogP contribution in [0.4, 0.5) is 0 Å². The Labute approximate surface area is 95.3 Å². The van der Waals surface area contributed by atoms with Crippen molar-refractivity contribution in [3.63, 3.8) is 0 Å². The zero-order valence-corrected chi connectivity index (χ0v) is 9.59. The molecule has 1 heterocycles. The molecule has 0 radical (unpaired) electrons. The maximum atomic E-state index is 10.0. The highest BCUT2D eigenvalue weighted by molar-refractivity contribution is 6.30. The maximum absolute atomic E-state index is 10.0. The topological polar surface area (TPSA) is 32.3 Å². The van der Waals surface area contributed by atoms with E-state index in [1.807, 2.05) is 31.2 Å². The van der Waals surface area contributed by atoms with Gasteiger partial charge < -0.3 is 10.4 Å². The van der Waals surface area contributed by atoms with Crippen molar-refractivity contribution in [3.8, 4) is 0 Å². The van der Waals surface area contributed by atoms with Gasteiger partial charge in [-0.2, -0.15) is 0 Å². The molecule has 2 nitrogen and oxygen atoms in total. The molecule has 0 spiro atoms. The predicted octanol–water partition coefficient (Wildman–Crippen LogP) is 2.52. The number of hydrogen-bond donors (Lipinski definition) is 2. The highest BCUT2D eigenvalue weighted by Crippen LogP contribution is 2.30. The van der Waals surface area contributed by atoms with E-state index in [0.29, 0.717) is 0 Å². The molecule has 2 atom stereocenters. The summed E-state index contributed by atoms with van der Waals surface area (Å²) in [6, 6.07) is 8.03. The lowest BCUT2D eigenvalue weighted by atomic mass is 9.86. The van der Waals surface area contributed by atoms with Crippen LogP contribution >= 0.6 is 11.6 Å². The van der Waals surface area contributed by atoms with E-state index in [9.17, 15) is 5.11 Å². The van der Waals surface area contributed by atoms with Crippen molar-refractivity contribution in [2.45, 2.75) is 31.4 Å². The van der Waals surface area contributed by atoms with E-state index in [1.54, 1.807) is 0 Å². The largest absolute Gasteiger partial charge is 0.390 e. The van der Waals surface area contributed by atoms with Gasteiger partial charge in [0.2, 0.25) is 0 Å². The second kappa shape index (κ2) is 4.12. The maximum Gasteiger partial charge on any atom is 0.0650 e. The number of nitrogens with one attached hydrogen (secondary N) is 1. The van der Waals surface area contributed by atoms with Crippen molar-refractivity contribution < 1.29 is 5.11 Å². The zero-order valence-electron chi connectivity index (χ0n) is 8.83. The molecule has 1 aliphatic rings. The minimum Gasteiger partial charge on any atom is -0.390 e. The molecule has 82 valence electrons. The third-order valence-electron chi connectivity index (χ3n) is 2.95. The van der Waals surface area contributed by atoms with E-state index in [0.717, 1.165) is 30.0 Å². The Hall–Kier alpha value is -0.570. The zero-order chi connectivity index (χ0) is 10.9. The lowest BCUT2D eigenvalue weighted by molar-refractivity contribution is 0.0132. The second-order valence-corrected chi connectivity index (χ2v) is 4.95. The number of halogens is 1. The summed E-state index contributed by atoms with van der Waals surface area (Å²) in [6.07, 6.45) is 1.55. The van der Waals surface area contributed by atoms with E-state index in [1.165, 1.54) is 0 Å². The molecule has 0 amide bonds. The summed E-state index contributed by atoms with van der Waals surface area (Å²) in [4.78, 5) is 0. The Bertz CT molecular complexity index is 351. The molecule has 0 saturated carbocycles. The molecule has 0 aromatic heterocycles. The molecule has 2 unspecified atom stereocenters. The summed E-state index contributed by atoms with van der Waals surface area (Å²) in [5, 5.41) is 14.2. The van der Waals surface area contributed by atoms with Crippen LogP contribution in [-0.4, -0.2) is 17.3 Å². The first-order valence-electron chi connectivity index (χ1n) is 5.28. The number of rotatable bonds is 1. The van der Waals surface area contributed by atoms with Crippen LogP contribution in [0.2, 0.25) is 5.02 Å². The molecule has 3 heteroatoms. The summed E-state index contributed by atoms with van der Waals surface area (Å²) in [5.74, 6) is 0. The molecule has 2 N–H and O–H groups in total. The Kier molecular flexibility index (Phi) is 3.01. The highest BCUT2D eigenvalue weighted by Gasteiger charge is 2.30. The molecule has 1 aliphatic heterocycles. The van der Waals surface area contributed by atoms with Crippen LogP contribution in [0.3, 0.4) is 0 Å². The van der Waals surface area contributed by atoms with Crippen molar-refractivity contribution in [1.29, 1.82) is 0 Å². The van der Waals surface area contributed by atoms with Crippen LogP contribution in [-0.2, 0) is 0 Å². The van der Waals surface area contributed by atoms with Crippen molar-refractivity contribution in [2.75, 3.05) is 6.54 Å². The van der Waals surface area contributed by atoms with Crippen LogP contribution in [0, 0.1) is 0 Å². The smallest absolute Gasteiger partial charge is 0.0650 e. The Morgan fingerprint density at radius 3 is 3.00 bits per heavy atom. The lowest BCUT2D eigenvalue weighted by Gasteiger charge is -2.35. The van der Waals surface area contributed by atoms with Gasteiger partial charge >= 0.3 is 0 Å². The molecule has 1 aromatic carbocycles. The molecular weight excluding hydrogens is 210 g/mol. The average molecular weight is 226 g/mol. The fourth-order valence-electron chi connectivity index (χ4n) is 2.09. The SMILES string of the molecule is CC1(O)CCNC(c2cccc(Cl)c2)C1. The molecule has 1 fully saturated rings. The van der Waals surface area contributed by atoms with Crippen LogP contribution in [0.25, 0.3) is 0 Å². The third-order valence-corrected chi connectivity index (χ3v) is 3.18. The van der Waals surface area contributed by atoms with Gasteiger partial charge in [0, 0.05) is 11.1 Å². The van der Waals surface area contributed by atoms with Crippen LogP contribution in [0.1, 0.15) is 31.4 Å². The van der Waals surface area contributed by atoms with Gasteiger partial charge in [0.05, 0.1) is 5.60 Å². The first kappa shape index (κ1) is 10.9. The molecule has 0 bridgehead atoms. The van der Waals surface area contributed by atoms with Gasteiger partial charge in [-0.1, -0.05) is 23.7 Å². The number of benzene rings is 1. The average Bonchev–Trinajstić information content (AvgIpc) is 2.16. The van der Waals surface area contributed by atoms with Gasteiger partial charge in [0.1, 0.15) is 0 Å². The van der Waals surface area contributed by atoms with Crippen LogP contribution in [0.5, 0.6) is 0 Å². The summed E-state index contributed by atoms with van der Waals surface area (Å²) in [7, 11) is 0. The summed E-state index contributed by atoms with van der Waals surface area (Å²) in [6.45, 7) is 2.75. The molecule has 1 aromatic rings. The van der Waals surface area contributed by atoms with E-state index >= 15 is 0 Å². The summed E-state index contributed by atoms with van der Waals surface area (Å²) >= 11 is 5.94. The molecule has 0 aliphatic carbocycles. The van der Waals surface area contributed by atoms with Crippen molar-refractivity contribution in [3.05, 3.63) is 34.9 Å². The third kappa shape index (κ3) is 2.71. The summed E-state index contributed by atoms with van der Waals surface area (Å²) < 4.78 is 0. The van der Waals surface area contributed by atoms with E-state index in [-0.39, 0.29) is 6.04 Å². The van der Waals surface area contributed by atoms with Gasteiger partial charge in [-0.05, 0) is 44.0 Å². The van der Waals surface area contributed by atoms with Gasteiger partial charge in [-0.3, -0.25) is 0 Å². The van der Waals surface area contributed by atoms with Crippen molar-refractivity contribution in [1.82, 2.24) is 5.32 Å². The monoisotopic (exact) mass is 225 g/mol. The van der Waals surface area contributed by atoms with E-state index in [2.05, 4.69) is 5.32 Å². The fourth-order valence-corrected chi connectivity index (χ4v) is 2.29. The quantitative estimate of drug-likeness (QED) is 0.770. The standard InChI is InChI=1S/C12H16ClNO/c1-12(15)5-6-14-11(8-12)9-3-2-4-10(13)7-9/h2-4,7,11,14-15H,5-6,8H2,1H3. The first-order valence-corrected chi connectivity index (χ1v) is 5.66. The van der Waals surface area contributed by atoms with Gasteiger partial charge in [-0.15, -0.1) is 0 Å². The Morgan fingerprint density at radius 2 is 2.33 bits per heavy atom. The molecular formula is C12H16ClNO. The van der Waals surface area contributed by atoms with E-state index < -0.39 is 5.60 Å². The molecule has 1 saturated heterocycles. The van der Waals surface area contributed by atoms with Gasteiger partial charge in [-0.25, -0.2) is 0 Å². The van der Waals surface area contributed by atoms with Crippen molar-refractivity contribution in [2.24, 2.45) is 0 Å². The molecule has 15 heavy (non-hydrogen) atoms.